The van der Waals surface area contributed by atoms with Crippen LogP contribution in [0, 0.1) is 12.8 Å². The summed E-state index contributed by atoms with van der Waals surface area (Å²) in [6.07, 6.45) is 5.09. The lowest BCUT2D eigenvalue weighted by Gasteiger charge is -2.32. The minimum absolute atomic E-state index is 0.146. The number of amides is 1. The molecule has 1 fully saturated rings. The van der Waals surface area contributed by atoms with Crippen LogP contribution in [0.2, 0.25) is 0 Å². The number of aromatic nitrogens is 2. The van der Waals surface area contributed by atoms with Crippen LogP contribution in [-0.2, 0) is 6.42 Å². The Labute approximate surface area is 151 Å². The van der Waals surface area contributed by atoms with Gasteiger partial charge in [-0.3, -0.25) is 9.78 Å². The van der Waals surface area contributed by atoms with Crippen LogP contribution < -0.4 is 0 Å². The Hall–Kier alpha value is -2.27. The Morgan fingerprint density at radius 3 is 3.08 bits per heavy atom. The molecule has 0 spiro atoms. The first-order chi connectivity index (χ1) is 12.2. The second kappa shape index (κ2) is 6.92. The van der Waals surface area contributed by atoms with Crippen molar-refractivity contribution in [2.45, 2.75) is 26.2 Å². The fraction of sp³-hybridized carbons (Fsp3) is 0.350. The molecule has 5 heteroatoms. The van der Waals surface area contributed by atoms with Crippen LogP contribution >= 0.6 is 11.3 Å². The van der Waals surface area contributed by atoms with Crippen LogP contribution in [0.1, 0.15) is 33.8 Å². The van der Waals surface area contributed by atoms with Gasteiger partial charge in [0.25, 0.3) is 5.91 Å². The molecule has 4 nitrogen and oxygen atoms in total. The summed E-state index contributed by atoms with van der Waals surface area (Å²) in [4.78, 5) is 24.1. The predicted octanol–water partition coefficient (Wildman–Crippen LogP) is 4.09. The molecule has 1 aromatic carbocycles. The average molecular weight is 351 g/mol. The zero-order valence-corrected chi connectivity index (χ0v) is 15.1. The van der Waals surface area contributed by atoms with E-state index in [9.17, 15) is 4.79 Å². The lowest BCUT2D eigenvalue weighted by Crippen LogP contribution is -2.40. The van der Waals surface area contributed by atoms with Gasteiger partial charge in [0, 0.05) is 24.7 Å². The maximum absolute atomic E-state index is 12.7. The molecule has 0 radical (unpaired) electrons. The minimum Gasteiger partial charge on any atom is -0.338 e. The maximum atomic E-state index is 12.7. The van der Waals surface area contributed by atoms with E-state index in [1.165, 1.54) is 28.7 Å². The molecule has 1 saturated heterocycles. The molecule has 0 bridgehead atoms. The first-order valence-corrected chi connectivity index (χ1v) is 9.61. The van der Waals surface area contributed by atoms with E-state index < -0.39 is 0 Å². The Bertz CT molecular complexity index is 905. The summed E-state index contributed by atoms with van der Waals surface area (Å²) in [6.45, 7) is 3.60. The molecule has 1 aliphatic rings. The summed E-state index contributed by atoms with van der Waals surface area (Å²) in [5.41, 5.74) is 4.97. The Morgan fingerprint density at radius 1 is 1.32 bits per heavy atom. The van der Waals surface area contributed by atoms with Gasteiger partial charge in [-0.2, -0.15) is 0 Å². The molecule has 1 aliphatic heterocycles. The van der Waals surface area contributed by atoms with Crippen LogP contribution in [0.25, 0.3) is 10.9 Å². The van der Waals surface area contributed by atoms with E-state index in [-0.39, 0.29) is 5.91 Å². The smallest absolute Gasteiger partial charge is 0.265 e. The van der Waals surface area contributed by atoms with Crippen LogP contribution in [0.15, 0.2) is 42.0 Å². The van der Waals surface area contributed by atoms with Gasteiger partial charge in [-0.15, -0.1) is 11.3 Å². The second-order valence-electron chi connectivity index (χ2n) is 6.76. The molecular weight excluding hydrogens is 330 g/mol. The molecule has 2 aromatic heterocycles. The monoisotopic (exact) mass is 351 g/mol. The van der Waals surface area contributed by atoms with Crippen molar-refractivity contribution in [2.75, 3.05) is 13.1 Å². The van der Waals surface area contributed by atoms with Gasteiger partial charge in [0.15, 0.2) is 0 Å². The van der Waals surface area contributed by atoms with Crippen LogP contribution in [0.5, 0.6) is 0 Å². The third kappa shape index (κ3) is 3.42. The molecule has 3 aromatic rings. The van der Waals surface area contributed by atoms with Gasteiger partial charge in [-0.05, 0) is 55.9 Å². The highest BCUT2D eigenvalue weighted by Crippen LogP contribution is 2.25. The highest BCUT2D eigenvalue weighted by Gasteiger charge is 2.26. The number of thiazole rings is 1. The van der Waals surface area contributed by atoms with Gasteiger partial charge in [0.1, 0.15) is 4.88 Å². The largest absolute Gasteiger partial charge is 0.338 e. The van der Waals surface area contributed by atoms with Crippen molar-refractivity contribution in [3.63, 3.8) is 0 Å². The highest BCUT2D eigenvalue weighted by molar-refractivity contribution is 7.11. The molecule has 3 heterocycles. The fourth-order valence-electron chi connectivity index (χ4n) is 3.65. The molecule has 0 aliphatic carbocycles. The fourth-order valence-corrected chi connectivity index (χ4v) is 4.42. The van der Waals surface area contributed by atoms with Crippen molar-refractivity contribution < 1.29 is 4.79 Å². The average Bonchev–Trinajstić information content (AvgIpc) is 3.07. The molecule has 0 N–H and O–H groups in total. The molecule has 0 unspecified atom stereocenters. The normalized spacial score (nSPS) is 17.8. The van der Waals surface area contributed by atoms with Crippen molar-refractivity contribution in [2.24, 2.45) is 5.92 Å². The summed E-state index contributed by atoms with van der Waals surface area (Å²) in [7, 11) is 0. The Morgan fingerprint density at radius 2 is 2.24 bits per heavy atom. The molecule has 1 amide bonds. The quantitative estimate of drug-likeness (QED) is 0.714. The number of carbonyl (C=O) groups excluding carboxylic acids is 1. The first-order valence-electron chi connectivity index (χ1n) is 8.74. The molecule has 25 heavy (non-hydrogen) atoms. The summed E-state index contributed by atoms with van der Waals surface area (Å²) in [5, 5.41) is 1.18. The number of hydrogen-bond donors (Lipinski definition) is 0. The van der Waals surface area contributed by atoms with Gasteiger partial charge < -0.3 is 4.90 Å². The standard InChI is InChI=1S/C20H21N3OS/c1-14-19(25-13-22-14)20(24)23-9-3-4-16(12-23)10-15-6-7-18-17(11-15)5-2-8-21-18/h2,5-8,11,13,16H,3-4,9-10,12H2,1H3/t16-/m1/s1. The lowest BCUT2D eigenvalue weighted by molar-refractivity contribution is 0.0677. The number of aryl methyl sites for hydroxylation is 1. The molecule has 128 valence electrons. The van der Waals surface area contributed by atoms with Crippen LogP contribution in [0.4, 0.5) is 0 Å². The van der Waals surface area contributed by atoms with E-state index in [1.54, 1.807) is 5.51 Å². The van der Waals surface area contributed by atoms with Crippen molar-refractivity contribution in [1.29, 1.82) is 0 Å². The summed E-state index contributed by atoms with van der Waals surface area (Å²) in [6, 6.07) is 10.6. The number of likely N-dealkylation sites (tertiary alicyclic amines) is 1. The predicted molar refractivity (Wildman–Crippen MR) is 101 cm³/mol. The zero-order valence-electron chi connectivity index (χ0n) is 14.3. The van der Waals surface area contributed by atoms with Crippen molar-refractivity contribution in [3.8, 4) is 0 Å². The van der Waals surface area contributed by atoms with Gasteiger partial charge >= 0.3 is 0 Å². The van der Waals surface area contributed by atoms with Gasteiger partial charge in [0.2, 0.25) is 0 Å². The third-order valence-electron chi connectivity index (χ3n) is 4.94. The van der Waals surface area contributed by atoms with Gasteiger partial charge in [-0.1, -0.05) is 12.1 Å². The zero-order chi connectivity index (χ0) is 17.2. The summed E-state index contributed by atoms with van der Waals surface area (Å²) < 4.78 is 0. The Kier molecular flexibility index (Phi) is 4.49. The summed E-state index contributed by atoms with van der Waals surface area (Å²) >= 11 is 1.45. The number of rotatable bonds is 3. The number of piperidine rings is 1. The minimum atomic E-state index is 0.146. The van der Waals surface area contributed by atoms with Crippen LogP contribution in [0.3, 0.4) is 0 Å². The maximum Gasteiger partial charge on any atom is 0.265 e. The van der Waals surface area contributed by atoms with E-state index in [0.717, 1.165) is 42.0 Å². The number of nitrogens with zero attached hydrogens (tertiary/aromatic N) is 3. The molecule has 0 saturated carbocycles. The molecular formula is C20H21N3OS. The van der Waals surface area contributed by atoms with Gasteiger partial charge in [0.05, 0.1) is 16.7 Å². The first kappa shape index (κ1) is 16.2. The SMILES string of the molecule is Cc1ncsc1C(=O)N1CCC[C@H](Cc2ccc3ncccc3c2)C1. The van der Waals surface area contributed by atoms with Crippen LogP contribution in [-0.4, -0.2) is 33.9 Å². The molecule has 1 atom stereocenters. The topological polar surface area (TPSA) is 46.1 Å². The van der Waals surface area contributed by atoms with Crippen molar-refractivity contribution in [1.82, 2.24) is 14.9 Å². The summed E-state index contributed by atoms with van der Waals surface area (Å²) in [5.74, 6) is 0.660. The van der Waals surface area contributed by atoms with E-state index in [0.29, 0.717) is 5.92 Å². The number of hydrogen-bond acceptors (Lipinski definition) is 4. The number of benzene rings is 1. The second-order valence-corrected chi connectivity index (χ2v) is 7.62. The van der Waals surface area contributed by atoms with Crippen molar-refractivity contribution in [3.05, 3.63) is 58.2 Å². The number of pyridine rings is 1. The number of carbonyl (C=O) groups is 1. The van der Waals surface area contributed by atoms with E-state index in [2.05, 4.69) is 34.2 Å². The van der Waals surface area contributed by atoms with E-state index in [4.69, 9.17) is 0 Å². The molecule has 4 rings (SSSR count). The van der Waals surface area contributed by atoms with E-state index in [1.807, 2.05) is 24.1 Å². The van der Waals surface area contributed by atoms with Crippen molar-refractivity contribution >= 4 is 28.1 Å². The number of fused-ring (bicyclic) bond motifs is 1. The third-order valence-corrected chi connectivity index (χ3v) is 5.85. The highest BCUT2D eigenvalue weighted by atomic mass is 32.1. The lowest BCUT2D eigenvalue weighted by atomic mass is 9.90. The van der Waals surface area contributed by atoms with E-state index >= 15 is 0 Å². The van der Waals surface area contributed by atoms with Gasteiger partial charge in [-0.25, -0.2) is 4.98 Å². The Balaban J connectivity index is 1.47.